The molecule has 0 spiro atoms. The molecule has 0 atom stereocenters. The van der Waals surface area contributed by atoms with E-state index in [1.165, 1.54) is 17.9 Å². The molecule has 0 aliphatic heterocycles. The monoisotopic (exact) mass is 406 g/mol. The minimum atomic E-state index is -3.70. The average molecular weight is 407 g/mol. The van der Waals surface area contributed by atoms with Gasteiger partial charge in [0.05, 0.1) is 18.9 Å². The number of carbonyl (C=O) groups excluding carboxylic acids is 1. The lowest BCUT2D eigenvalue weighted by Gasteiger charge is -2.29. The summed E-state index contributed by atoms with van der Waals surface area (Å²) >= 11 is 6.05. The van der Waals surface area contributed by atoms with Gasteiger partial charge in [-0.15, -0.1) is 0 Å². The molecule has 1 aromatic carbocycles. The fourth-order valence-corrected chi connectivity index (χ4v) is 2.76. The summed E-state index contributed by atoms with van der Waals surface area (Å²) in [5, 5.41) is 3.30. The number of benzene rings is 1. The van der Waals surface area contributed by atoms with Crippen LogP contribution in [0, 0.1) is 0 Å². The topological polar surface area (TPSA) is 84.9 Å². The van der Waals surface area contributed by atoms with Gasteiger partial charge in [0.2, 0.25) is 0 Å². The molecule has 0 aromatic heterocycles. The van der Waals surface area contributed by atoms with Crippen molar-refractivity contribution in [2.24, 2.45) is 0 Å². The highest BCUT2D eigenvalue weighted by Gasteiger charge is 2.22. The van der Waals surface area contributed by atoms with Gasteiger partial charge in [0, 0.05) is 29.8 Å². The summed E-state index contributed by atoms with van der Waals surface area (Å²) in [7, 11) is -2.15. The first kappa shape index (κ1) is 22.5. The molecule has 7 nitrogen and oxygen atoms in total. The van der Waals surface area contributed by atoms with Gasteiger partial charge >= 0.3 is 16.1 Å². The Balaban J connectivity index is 3.12. The standard InChI is InChI=1S/C17H27ClN2O5S/c1-6-26(22,23)25-15-8-7-14(18)11-13(15)12-20(9-10-24-5)16(21)19-17(2,3)4/h7-8,11H,6,9-10,12H2,1-5H3,(H,19,21). The number of urea groups is 1. The van der Waals surface area contributed by atoms with Crippen molar-refractivity contribution in [2.75, 3.05) is 26.0 Å². The van der Waals surface area contributed by atoms with Crippen LogP contribution in [0.3, 0.4) is 0 Å². The van der Waals surface area contributed by atoms with Crippen LogP contribution >= 0.6 is 11.6 Å². The van der Waals surface area contributed by atoms with Gasteiger partial charge < -0.3 is 19.1 Å². The molecule has 1 aromatic rings. The Kier molecular flexibility index (Phi) is 8.17. The molecule has 0 fully saturated rings. The normalized spacial score (nSPS) is 11.9. The van der Waals surface area contributed by atoms with E-state index in [0.717, 1.165) is 0 Å². The Bertz CT molecular complexity index is 716. The number of nitrogens with one attached hydrogen (secondary N) is 1. The molecular weight excluding hydrogens is 380 g/mol. The lowest BCUT2D eigenvalue weighted by atomic mass is 10.1. The summed E-state index contributed by atoms with van der Waals surface area (Å²) in [5.74, 6) is -0.00492. The van der Waals surface area contributed by atoms with Crippen molar-refractivity contribution >= 4 is 27.8 Å². The fraction of sp³-hybridized carbons (Fsp3) is 0.588. The summed E-state index contributed by atoms with van der Waals surface area (Å²) in [6.45, 7) is 7.91. The van der Waals surface area contributed by atoms with Crippen molar-refractivity contribution in [1.29, 1.82) is 0 Å². The molecule has 1 N–H and O–H groups in total. The quantitative estimate of drug-likeness (QED) is 0.670. The third-order valence-electron chi connectivity index (χ3n) is 3.29. The molecule has 0 unspecified atom stereocenters. The van der Waals surface area contributed by atoms with Crippen LogP contribution in [0.2, 0.25) is 5.02 Å². The van der Waals surface area contributed by atoms with Crippen molar-refractivity contribution in [1.82, 2.24) is 10.2 Å². The van der Waals surface area contributed by atoms with Crippen LogP contribution in [-0.4, -0.2) is 50.9 Å². The number of nitrogens with zero attached hydrogens (tertiary/aromatic N) is 1. The molecule has 1 rings (SSSR count). The first-order valence-electron chi connectivity index (χ1n) is 8.24. The fourth-order valence-electron chi connectivity index (χ4n) is 2.01. The molecule has 0 heterocycles. The highest BCUT2D eigenvalue weighted by Crippen LogP contribution is 2.26. The van der Waals surface area contributed by atoms with Crippen molar-refractivity contribution in [3.8, 4) is 5.75 Å². The van der Waals surface area contributed by atoms with E-state index in [-0.39, 0.29) is 24.1 Å². The first-order chi connectivity index (χ1) is 12.0. The predicted molar refractivity (Wildman–Crippen MR) is 102 cm³/mol. The Hall–Kier alpha value is -1.51. The second-order valence-corrected chi connectivity index (χ2v) is 9.07. The number of carbonyl (C=O) groups is 1. The molecule has 26 heavy (non-hydrogen) atoms. The maximum Gasteiger partial charge on any atom is 0.318 e. The predicted octanol–water partition coefficient (Wildman–Crippen LogP) is 3.03. The molecule has 0 radical (unpaired) electrons. The van der Waals surface area contributed by atoms with Gasteiger partial charge in [0.25, 0.3) is 0 Å². The molecule has 2 amide bonds. The maximum atomic E-state index is 12.6. The zero-order valence-electron chi connectivity index (χ0n) is 15.8. The highest BCUT2D eigenvalue weighted by atomic mass is 35.5. The van der Waals surface area contributed by atoms with Gasteiger partial charge in [-0.3, -0.25) is 0 Å². The number of amides is 2. The molecule has 0 aliphatic rings. The Morgan fingerprint density at radius 2 is 1.96 bits per heavy atom. The van der Waals surface area contributed by atoms with Crippen molar-refractivity contribution in [3.63, 3.8) is 0 Å². The minimum absolute atomic E-state index is 0.125. The largest absolute Gasteiger partial charge is 0.383 e. The molecule has 0 saturated heterocycles. The van der Waals surface area contributed by atoms with Crippen LogP contribution in [0.4, 0.5) is 4.79 Å². The van der Waals surface area contributed by atoms with Crippen LogP contribution in [0.25, 0.3) is 0 Å². The number of ether oxygens (including phenoxy) is 1. The van der Waals surface area contributed by atoms with E-state index in [1.807, 2.05) is 20.8 Å². The van der Waals surface area contributed by atoms with Gasteiger partial charge in [0.15, 0.2) is 0 Å². The van der Waals surface area contributed by atoms with E-state index in [1.54, 1.807) is 19.2 Å². The number of methoxy groups -OCH3 is 1. The molecule has 0 saturated carbocycles. The Morgan fingerprint density at radius 1 is 1.31 bits per heavy atom. The van der Waals surface area contributed by atoms with Gasteiger partial charge in [-0.1, -0.05) is 11.6 Å². The molecule has 9 heteroatoms. The van der Waals surface area contributed by atoms with E-state index in [4.69, 9.17) is 20.5 Å². The Morgan fingerprint density at radius 3 is 2.50 bits per heavy atom. The van der Waals surface area contributed by atoms with Crippen molar-refractivity contribution < 1.29 is 22.1 Å². The zero-order valence-corrected chi connectivity index (χ0v) is 17.4. The van der Waals surface area contributed by atoms with E-state index < -0.39 is 15.7 Å². The number of hydrogen-bond acceptors (Lipinski definition) is 5. The third kappa shape index (κ3) is 7.80. The van der Waals surface area contributed by atoms with E-state index in [2.05, 4.69) is 5.32 Å². The molecule has 0 bridgehead atoms. The Labute approximate surface area is 160 Å². The van der Waals surface area contributed by atoms with Crippen molar-refractivity contribution in [2.45, 2.75) is 39.8 Å². The summed E-state index contributed by atoms with van der Waals surface area (Å²) in [6.07, 6.45) is 0. The minimum Gasteiger partial charge on any atom is -0.383 e. The van der Waals surface area contributed by atoms with E-state index >= 15 is 0 Å². The lowest BCUT2D eigenvalue weighted by Crippen LogP contribution is -2.49. The van der Waals surface area contributed by atoms with Gasteiger partial charge in [-0.2, -0.15) is 8.42 Å². The number of rotatable bonds is 8. The van der Waals surface area contributed by atoms with E-state index in [9.17, 15) is 13.2 Å². The van der Waals surface area contributed by atoms with Crippen LogP contribution in [0.1, 0.15) is 33.3 Å². The van der Waals surface area contributed by atoms with Crippen LogP contribution < -0.4 is 9.50 Å². The smallest absolute Gasteiger partial charge is 0.318 e. The SMILES string of the molecule is CCS(=O)(=O)Oc1ccc(Cl)cc1CN(CCOC)C(=O)NC(C)(C)C. The second kappa shape index (κ2) is 9.43. The van der Waals surface area contributed by atoms with Crippen LogP contribution in [-0.2, 0) is 21.4 Å². The first-order valence-corrected chi connectivity index (χ1v) is 10.2. The summed E-state index contributed by atoms with van der Waals surface area (Å²) in [6, 6.07) is 4.33. The average Bonchev–Trinajstić information content (AvgIpc) is 2.52. The number of halogens is 1. The molecule has 148 valence electrons. The van der Waals surface area contributed by atoms with Crippen LogP contribution in [0.15, 0.2) is 18.2 Å². The molecule has 0 aliphatic carbocycles. The zero-order chi connectivity index (χ0) is 20.0. The second-order valence-electron chi connectivity index (χ2n) is 6.78. The maximum absolute atomic E-state index is 12.6. The van der Waals surface area contributed by atoms with Crippen LogP contribution in [0.5, 0.6) is 5.75 Å². The van der Waals surface area contributed by atoms with Gasteiger partial charge in [0.1, 0.15) is 5.75 Å². The van der Waals surface area contributed by atoms with E-state index in [0.29, 0.717) is 23.7 Å². The van der Waals surface area contributed by atoms with Gasteiger partial charge in [-0.05, 0) is 45.9 Å². The summed E-state index contributed by atoms with van der Waals surface area (Å²) < 4.78 is 33.8. The summed E-state index contributed by atoms with van der Waals surface area (Å²) in [5.41, 5.74) is 0.0800. The summed E-state index contributed by atoms with van der Waals surface area (Å²) in [4.78, 5) is 14.1. The van der Waals surface area contributed by atoms with Gasteiger partial charge in [-0.25, -0.2) is 4.79 Å². The lowest BCUT2D eigenvalue weighted by molar-refractivity contribution is 0.142. The third-order valence-corrected chi connectivity index (χ3v) is 4.66. The number of hydrogen-bond donors (Lipinski definition) is 1. The van der Waals surface area contributed by atoms with Crippen molar-refractivity contribution in [3.05, 3.63) is 28.8 Å². The molecular formula is C17H27ClN2O5S. The highest BCUT2D eigenvalue weighted by molar-refractivity contribution is 7.87.